The van der Waals surface area contributed by atoms with Crippen molar-refractivity contribution in [3.63, 3.8) is 0 Å². The van der Waals surface area contributed by atoms with E-state index in [0.717, 1.165) is 11.3 Å². The number of aliphatic hydroxyl groups is 1. The van der Waals surface area contributed by atoms with Crippen LogP contribution < -0.4 is 15.2 Å². The molecule has 1 unspecified atom stereocenters. The lowest BCUT2D eigenvalue weighted by Crippen LogP contribution is -2.31. The van der Waals surface area contributed by atoms with E-state index in [0.29, 0.717) is 31.2 Å². The number of nitrogens with two attached hydrogens (primary N) is 1. The molecule has 0 saturated carbocycles. The third-order valence-electron chi connectivity index (χ3n) is 3.24. The molecule has 5 heteroatoms. The number of hydrogen-bond donors (Lipinski definition) is 2. The van der Waals surface area contributed by atoms with Crippen molar-refractivity contribution < 1.29 is 14.6 Å². The van der Waals surface area contributed by atoms with Crippen LogP contribution in [-0.4, -0.2) is 42.9 Å². The summed E-state index contributed by atoms with van der Waals surface area (Å²) >= 11 is 0. The van der Waals surface area contributed by atoms with Crippen molar-refractivity contribution in [2.24, 2.45) is 0 Å². The SMILES string of the molecule is CC(CO)N(C)Cc1cc2c(cc1N)OCCO2. The van der Waals surface area contributed by atoms with Crippen molar-refractivity contribution in [2.75, 3.05) is 32.6 Å². The Hall–Kier alpha value is -1.46. The van der Waals surface area contributed by atoms with E-state index in [4.69, 9.17) is 20.3 Å². The van der Waals surface area contributed by atoms with Crippen LogP contribution in [0.2, 0.25) is 0 Å². The fourth-order valence-electron chi connectivity index (χ4n) is 1.85. The molecule has 0 radical (unpaired) electrons. The van der Waals surface area contributed by atoms with Crippen LogP contribution in [0, 0.1) is 0 Å². The molecule has 0 fully saturated rings. The molecule has 0 aliphatic carbocycles. The number of nitrogens with zero attached hydrogens (tertiary/aromatic N) is 1. The zero-order valence-electron chi connectivity index (χ0n) is 10.8. The number of aliphatic hydroxyl groups excluding tert-OH is 1. The number of anilines is 1. The second-order valence-corrected chi connectivity index (χ2v) is 4.64. The van der Waals surface area contributed by atoms with Gasteiger partial charge in [-0.15, -0.1) is 0 Å². The maximum Gasteiger partial charge on any atom is 0.163 e. The van der Waals surface area contributed by atoms with Gasteiger partial charge >= 0.3 is 0 Å². The minimum Gasteiger partial charge on any atom is -0.486 e. The molecule has 1 atom stereocenters. The summed E-state index contributed by atoms with van der Waals surface area (Å²) in [6.07, 6.45) is 0. The van der Waals surface area contributed by atoms with Gasteiger partial charge in [-0.3, -0.25) is 4.90 Å². The molecule has 1 heterocycles. The molecule has 100 valence electrons. The van der Waals surface area contributed by atoms with Gasteiger partial charge in [-0.25, -0.2) is 0 Å². The van der Waals surface area contributed by atoms with Crippen LogP contribution >= 0.6 is 0 Å². The van der Waals surface area contributed by atoms with Crippen LogP contribution in [0.3, 0.4) is 0 Å². The fraction of sp³-hybridized carbons (Fsp3) is 0.538. The molecule has 5 nitrogen and oxygen atoms in total. The van der Waals surface area contributed by atoms with Gasteiger partial charge in [-0.2, -0.15) is 0 Å². The van der Waals surface area contributed by atoms with E-state index in [9.17, 15) is 0 Å². The zero-order valence-corrected chi connectivity index (χ0v) is 10.8. The van der Waals surface area contributed by atoms with Gasteiger partial charge in [0.25, 0.3) is 0 Å². The number of nitrogen functional groups attached to an aromatic ring is 1. The van der Waals surface area contributed by atoms with E-state index >= 15 is 0 Å². The molecule has 0 amide bonds. The largest absolute Gasteiger partial charge is 0.486 e. The molecule has 1 aromatic rings. The Bertz CT molecular complexity index is 423. The zero-order chi connectivity index (χ0) is 13.1. The van der Waals surface area contributed by atoms with Crippen molar-refractivity contribution in [1.82, 2.24) is 4.90 Å². The lowest BCUT2D eigenvalue weighted by atomic mass is 10.1. The summed E-state index contributed by atoms with van der Waals surface area (Å²) in [5.74, 6) is 1.45. The van der Waals surface area contributed by atoms with Gasteiger partial charge in [0.1, 0.15) is 13.2 Å². The summed E-state index contributed by atoms with van der Waals surface area (Å²) in [5, 5.41) is 9.13. The average Bonchev–Trinajstić information content (AvgIpc) is 2.38. The van der Waals surface area contributed by atoms with Gasteiger partial charge in [0.05, 0.1) is 6.61 Å². The maximum atomic E-state index is 9.13. The average molecular weight is 252 g/mol. The molecular formula is C13H20N2O3. The number of likely N-dealkylation sites (N-methyl/N-ethyl adjacent to an activating group) is 1. The van der Waals surface area contributed by atoms with Gasteiger partial charge in [0.2, 0.25) is 0 Å². The molecule has 1 aliphatic heterocycles. The quantitative estimate of drug-likeness (QED) is 0.778. The topological polar surface area (TPSA) is 68.0 Å². The second kappa shape index (κ2) is 5.46. The van der Waals surface area contributed by atoms with Crippen LogP contribution in [0.25, 0.3) is 0 Å². The fourth-order valence-corrected chi connectivity index (χ4v) is 1.85. The van der Waals surface area contributed by atoms with E-state index in [2.05, 4.69) is 0 Å². The molecule has 18 heavy (non-hydrogen) atoms. The molecule has 1 aromatic carbocycles. The second-order valence-electron chi connectivity index (χ2n) is 4.64. The van der Waals surface area contributed by atoms with Gasteiger partial charge in [0, 0.05) is 24.3 Å². The molecule has 3 N–H and O–H groups in total. The van der Waals surface area contributed by atoms with Crippen molar-refractivity contribution in [3.05, 3.63) is 17.7 Å². The molecule has 1 aliphatic rings. The van der Waals surface area contributed by atoms with E-state index in [1.165, 1.54) is 0 Å². The van der Waals surface area contributed by atoms with Gasteiger partial charge < -0.3 is 20.3 Å². The number of hydrogen-bond acceptors (Lipinski definition) is 5. The lowest BCUT2D eigenvalue weighted by Gasteiger charge is -2.25. The highest BCUT2D eigenvalue weighted by molar-refractivity contribution is 5.58. The molecule has 0 bridgehead atoms. The monoisotopic (exact) mass is 252 g/mol. The Labute approximate surface area is 107 Å². The number of rotatable bonds is 4. The summed E-state index contributed by atoms with van der Waals surface area (Å²) in [4.78, 5) is 2.04. The van der Waals surface area contributed by atoms with Crippen molar-refractivity contribution in [2.45, 2.75) is 19.5 Å². The van der Waals surface area contributed by atoms with Crippen LogP contribution in [0.1, 0.15) is 12.5 Å². The highest BCUT2D eigenvalue weighted by Crippen LogP contribution is 2.34. The van der Waals surface area contributed by atoms with Crippen LogP contribution in [-0.2, 0) is 6.54 Å². The summed E-state index contributed by atoms with van der Waals surface area (Å²) in [5.41, 5.74) is 7.69. The van der Waals surface area contributed by atoms with E-state index in [1.54, 1.807) is 6.07 Å². The Morgan fingerprint density at radius 2 is 1.94 bits per heavy atom. The normalized spacial score (nSPS) is 15.8. The van der Waals surface area contributed by atoms with Gasteiger partial charge in [-0.05, 0) is 25.6 Å². The third-order valence-corrected chi connectivity index (χ3v) is 3.24. The number of benzene rings is 1. The standard InChI is InChI=1S/C13H20N2O3/c1-9(8-16)15(2)7-10-5-12-13(6-11(10)14)18-4-3-17-12/h5-6,9,16H,3-4,7-8,14H2,1-2H3. The lowest BCUT2D eigenvalue weighted by molar-refractivity contribution is 0.153. The Balaban J connectivity index is 2.18. The Morgan fingerprint density at radius 1 is 1.33 bits per heavy atom. The van der Waals surface area contributed by atoms with Gasteiger partial charge in [-0.1, -0.05) is 0 Å². The van der Waals surface area contributed by atoms with Crippen molar-refractivity contribution in [3.8, 4) is 11.5 Å². The minimum absolute atomic E-state index is 0.0950. The van der Waals surface area contributed by atoms with Crippen LogP contribution in [0.15, 0.2) is 12.1 Å². The summed E-state index contributed by atoms with van der Waals surface area (Å²) in [7, 11) is 1.96. The van der Waals surface area contributed by atoms with E-state index in [1.807, 2.05) is 24.9 Å². The molecule has 0 spiro atoms. The molecule has 0 saturated heterocycles. The summed E-state index contributed by atoms with van der Waals surface area (Å²) in [6, 6.07) is 3.82. The molecular weight excluding hydrogens is 232 g/mol. The summed E-state index contributed by atoms with van der Waals surface area (Å²) in [6.45, 7) is 3.89. The summed E-state index contributed by atoms with van der Waals surface area (Å²) < 4.78 is 11.0. The third kappa shape index (κ3) is 2.68. The number of ether oxygens (including phenoxy) is 2. The Morgan fingerprint density at radius 3 is 2.56 bits per heavy atom. The first-order valence-electron chi connectivity index (χ1n) is 6.11. The molecule has 0 aromatic heterocycles. The Kier molecular flexibility index (Phi) is 3.93. The minimum atomic E-state index is 0.0950. The maximum absolute atomic E-state index is 9.13. The van der Waals surface area contributed by atoms with E-state index < -0.39 is 0 Å². The van der Waals surface area contributed by atoms with E-state index in [-0.39, 0.29) is 12.6 Å². The first kappa shape index (κ1) is 13.0. The molecule has 2 rings (SSSR count). The van der Waals surface area contributed by atoms with Crippen molar-refractivity contribution in [1.29, 1.82) is 0 Å². The van der Waals surface area contributed by atoms with Crippen LogP contribution in [0.5, 0.6) is 11.5 Å². The first-order chi connectivity index (χ1) is 8.61. The predicted molar refractivity (Wildman–Crippen MR) is 69.9 cm³/mol. The first-order valence-corrected chi connectivity index (χ1v) is 6.11. The predicted octanol–water partition coefficient (Wildman–Crippen LogP) is 0.853. The van der Waals surface area contributed by atoms with Gasteiger partial charge in [0.15, 0.2) is 11.5 Å². The highest BCUT2D eigenvalue weighted by atomic mass is 16.6. The van der Waals surface area contributed by atoms with Crippen molar-refractivity contribution >= 4 is 5.69 Å². The van der Waals surface area contributed by atoms with Crippen LogP contribution in [0.4, 0.5) is 5.69 Å². The smallest absolute Gasteiger partial charge is 0.163 e. The number of fused-ring (bicyclic) bond motifs is 1. The highest BCUT2D eigenvalue weighted by Gasteiger charge is 2.16.